The number of aromatic nitrogens is 1. The van der Waals surface area contributed by atoms with E-state index >= 15 is 0 Å². The molecule has 0 saturated heterocycles. The molecule has 2 amide bonds. The Morgan fingerprint density at radius 2 is 1.88 bits per heavy atom. The van der Waals surface area contributed by atoms with Crippen LogP contribution in [-0.2, 0) is 20.8 Å². The van der Waals surface area contributed by atoms with Crippen molar-refractivity contribution in [2.45, 2.75) is 44.2 Å². The van der Waals surface area contributed by atoms with Gasteiger partial charge in [-0.15, -0.1) is 0 Å². The predicted octanol–water partition coefficient (Wildman–Crippen LogP) is -0.443. The lowest BCUT2D eigenvalue weighted by atomic mass is 10.0. The molecule has 11 heteroatoms. The van der Waals surface area contributed by atoms with E-state index in [1.165, 1.54) is 0 Å². The van der Waals surface area contributed by atoms with Crippen LogP contribution in [0.15, 0.2) is 35.5 Å². The largest absolute Gasteiger partial charge is 0.481 e. The van der Waals surface area contributed by atoms with Crippen molar-refractivity contribution in [3.05, 3.63) is 36.0 Å². The first-order chi connectivity index (χ1) is 15.3. The molecule has 174 valence electrons. The van der Waals surface area contributed by atoms with Crippen molar-refractivity contribution >= 4 is 34.6 Å². The van der Waals surface area contributed by atoms with Gasteiger partial charge in [0.1, 0.15) is 6.04 Å². The molecule has 0 aliphatic rings. The second kappa shape index (κ2) is 12.3. The lowest BCUT2D eigenvalue weighted by Crippen LogP contribution is -2.52. The fourth-order valence-corrected chi connectivity index (χ4v) is 3.23. The number of nitrogens with two attached hydrogens (primary N) is 3. The number of aliphatic imine (C=N–C) groups is 1. The minimum Gasteiger partial charge on any atom is -0.481 e. The highest BCUT2D eigenvalue weighted by Gasteiger charge is 2.25. The van der Waals surface area contributed by atoms with Crippen LogP contribution in [-0.4, -0.2) is 59.0 Å². The van der Waals surface area contributed by atoms with Crippen LogP contribution in [0.5, 0.6) is 0 Å². The number of nitrogens with one attached hydrogen (secondary N) is 3. The maximum Gasteiger partial charge on any atom is 0.303 e. The number of amides is 2. The summed E-state index contributed by atoms with van der Waals surface area (Å²) in [7, 11) is 0. The molecule has 0 unspecified atom stereocenters. The maximum atomic E-state index is 12.8. The average Bonchev–Trinajstić information content (AvgIpc) is 3.16. The van der Waals surface area contributed by atoms with Crippen LogP contribution >= 0.6 is 0 Å². The number of hydrogen-bond acceptors (Lipinski definition) is 5. The monoisotopic (exact) mass is 445 g/mol. The van der Waals surface area contributed by atoms with Crippen LogP contribution in [0.3, 0.4) is 0 Å². The van der Waals surface area contributed by atoms with Gasteiger partial charge in [0.2, 0.25) is 11.8 Å². The molecule has 0 spiro atoms. The molecule has 1 aromatic carbocycles. The summed E-state index contributed by atoms with van der Waals surface area (Å²) in [4.78, 5) is 43.1. The second-order valence-corrected chi connectivity index (χ2v) is 7.47. The number of H-pyrrole nitrogens is 1. The molecule has 1 aromatic heterocycles. The molecule has 0 aliphatic carbocycles. The Labute approximate surface area is 185 Å². The van der Waals surface area contributed by atoms with E-state index in [-0.39, 0.29) is 25.3 Å². The summed E-state index contributed by atoms with van der Waals surface area (Å²) in [5.41, 5.74) is 18.3. The molecule has 2 atom stereocenters. The van der Waals surface area contributed by atoms with Gasteiger partial charge in [-0.2, -0.15) is 0 Å². The van der Waals surface area contributed by atoms with Crippen molar-refractivity contribution in [1.82, 2.24) is 15.6 Å². The van der Waals surface area contributed by atoms with Gasteiger partial charge in [-0.05, 0) is 30.9 Å². The molecule has 2 rings (SSSR count). The second-order valence-electron chi connectivity index (χ2n) is 7.47. The van der Waals surface area contributed by atoms with Crippen LogP contribution in [0.25, 0.3) is 10.9 Å². The standard InChI is InChI=1S/C21H31N7O4/c22-15(6-3-10-26-21(23)24)19(31)28-17(20(32)25-9-4-8-18(29)30)11-13-12-27-16-7-2-1-5-14(13)16/h1-2,5,7,12,15,17,27H,3-4,6,8-11,22H2,(H,25,32)(H,28,31)(H,29,30)(H4,23,24,26)/t15-,17-/m0/s1. The topological polar surface area (TPSA) is 202 Å². The third-order valence-electron chi connectivity index (χ3n) is 4.90. The number of benzene rings is 1. The summed E-state index contributed by atoms with van der Waals surface area (Å²) >= 11 is 0. The number of hydrogen-bond donors (Lipinski definition) is 7. The zero-order valence-corrected chi connectivity index (χ0v) is 17.8. The van der Waals surface area contributed by atoms with Gasteiger partial charge < -0.3 is 37.9 Å². The van der Waals surface area contributed by atoms with Crippen LogP contribution in [0.4, 0.5) is 0 Å². The number of carbonyl (C=O) groups is 3. The first-order valence-corrected chi connectivity index (χ1v) is 10.4. The van der Waals surface area contributed by atoms with Gasteiger partial charge in [0.05, 0.1) is 6.04 Å². The number of carboxylic acids is 1. The van der Waals surface area contributed by atoms with E-state index in [1.54, 1.807) is 6.20 Å². The van der Waals surface area contributed by atoms with Crippen molar-refractivity contribution in [2.24, 2.45) is 22.2 Å². The minimum absolute atomic E-state index is 0.0265. The van der Waals surface area contributed by atoms with Crippen LogP contribution in [0.2, 0.25) is 0 Å². The minimum atomic E-state index is -0.936. The third kappa shape index (κ3) is 7.91. The Morgan fingerprint density at radius 1 is 1.12 bits per heavy atom. The third-order valence-corrected chi connectivity index (χ3v) is 4.90. The summed E-state index contributed by atoms with van der Waals surface area (Å²) in [6.45, 7) is 0.544. The van der Waals surface area contributed by atoms with Crippen molar-refractivity contribution in [2.75, 3.05) is 13.1 Å². The number of aromatic amines is 1. The van der Waals surface area contributed by atoms with Crippen molar-refractivity contribution < 1.29 is 19.5 Å². The molecule has 0 saturated carbocycles. The van der Waals surface area contributed by atoms with Crippen molar-refractivity contribution in [1.29, 1.82) is 0 Å². The zero-order chi connectivity index (χ0) is 23.5. The summed E-state index contributed by atoms with van der Waals surface area (Å²) in [6.07, 6.45) is 3.15. The number of fused-ring (bicyclic) bond motifs is 1. The summed E-state index contributed by atoms with van der Waals surface area (Å²) in [5, 5.41) is 15.1. The van der Waals surface area contributed by atoms with E-state index in [2.05, 4.69) is 20.6 Å². The first kappa shape index (κ1) is 24.7. The van der Waals surface area contributed by atoms with E-state index in [0.717, 1.165) is 16.5 Å². The Kier molecular flexibility index (Phi) is 9.48. The van der Waals surface area contributed by atoms with Crippen LogP contribution < -0.4 is 27.8 Å². The fraction of sp³-hybridized carbons (Fsp3) is 0.429. The molecule has 1 heterocycles. The zero-order valence-electron chi connectivity index (χ0n) is 17.8. The number of nitrogens with zero attached hydrogens (tertiary/aromatic N) is 1. The number of guanidine groups is 1. The number of carbonyl (C=O) groups excluding carboxylic acids is 2. The van der Waals surface area contributed by atoms with Gasteiger partial charge in [-0.1, -0.05) is 18.2 Å². The van der Waals surface area contributed by atoms with E-state index < -0.39 is 29.9 Å². The highest BCUT2D eigenvalue weighted by molar-refractivity contribution is 5.91. The van der Waals surface area contributed by atoms with Crippen LogP contribution in [0, 0.1) is 0 Å². The predicted molar refractivity (Wildman–Crippen MR) is 122 cm³/mol. The highest BCUT2D eigenvalue weighted by Crippen LogP contribution is 2.19. The van der Waals surface area contributed by atoms with Gasteiger partial charge in [0.25, 0.3) is 0 Å². The van der Waals surface area contributed by atoms with Gasteiger partial charge in [-0.3, -0.25) is 19.4 Å². The molecule has 0 aliphatic heterocycles. The first-order valence-electron chi connectivity index (χ1n) is 10.4. The normalized spacial score (nSPS) is 12.7. The molecule has 0 fully saturated rings. The molecule has 0 radical (unpaired) electrons. The van der Waals surface area contributed by atoms with E-state index in [0.29, 0.717) is 25.8 Å². The number of carboxylic acid groups (broad SMARTS) is 1. The summed E-state index contributed by atoms with van der Waals surface area (Å²) < 4.78 is 0. The molecule has 2 aromatic rings. The number of para-hydroxylation sites is 1. The van der Waals surface area contributed by atoms with Gasteiger partial charge in [0.15, 0.2) is 5.96 Å². The lowest BCUT2D eigenvalue weighted by Gasteiger charge is -2.20. The molecule has 0 bridgehead atoms. The van der Waals surface area contributed by atoms with Gasteiger partial charge >= 0.3 is 5.97 Å². The van der Waals surface area contributed by atoms with Crippen LogP contribution in [0.1, 0.15) is 31.2 Å². The Bertz CT molecular complexity index is 953. The SMILES string of the molecule is NC(N)=NCCC[C@H](N)C(=O)N[C@@H](Cc1c[nH]c2ccccc12)C(=O)NCCCC(=O)O. The van der Waals surface area contributed by atoms with E-state index in [9.17, 15) is 14.4 Å². The summed E-state index contributed by atoms with van der Waals surface area (Å²) in [5.74, 6) is -1.82. The number of aliphatic carboxylic acids is 1. The van der Waals surface area contributed by atoms with E-state index in [4.69, 9.17) is 22.3 Å². The molecule has 11 nitrogen and oxygen atoms in total. The van der Waals surface area contributed by atoms with Gasteiger partial charge in [-0.25, -0.2) is 0 Å². The smallest absolute Gasteiger partial charge is 0.303 e. The summed E-state index contributed by atoms with van der Waals surface area (Å²) in [6, 6.07) is 5.96. The number of rotatable bonds is 13. The molecule has 10 N–H and O–H groups in total. The Morgan fingerprint density at radius 3 is 2.59 bits per heavy atom. The van der Waals surface area contributed by atoms with Crippen molar-refractivity contribution in [3.8, 4) is 0 Å². The van der Waals surface area contributed by atoms with Gasteiger partial charge in [0, 0.05) is 43.0 Å². The Hall–Kier alpha value is -3.60. The molecular weight excluding hydrogens is 414 g/mol. The maximum absolute atomic E-state index is 12.8. The average molecular weight is 446 g/mol. The molecule has 32 heavy (non-hydrogen) atoms. The highest BCUT2D eigenvalue weighted by atomic mass is 16.4. The quantitative estimate of drug-likeness (QED) is 0.123. The lowest BCUT2D eigenvalue weighted by molar-refractivity contribution is -0.137. The molecular formula is C21H31N7O4. The fourth-order valence-electron chi connectivity index (χ4n) is 3.23. The van der Waals surface area contributed by atoms with Crippen molar-refractivity contribution in [3.63, 3.8) is 0 Å². The van der Waals surface area contributed by atoms with E-state index in [1.807, 2.05) is 24.3 Å². The Balaban J connectivity index is 2.03.